The van der Waals surface area contributed by atoms with Gasteiger partial charge in [-0.05, 0) is 67.4 Å². The number of pyridine rings is 1. The molecule has 0 radical (unpaired) electrons. The van der Waals surface area contributed by atoms with Gasteiger partial charge in [-0.2, -0.15) is 0 Å². The molecule has 3 aliphatic rings. The number of fused-ring (bicyclic) bond motifs is 2. The van der Waals surface area contributed by atoms with Crippen molar-refractivity contribution in [2.45, 2.75) is 18.9 Å². The maximum Gasteiger partial charge on any atom is 0.237 e. The van der Waals surface area contributed by atoms with E-state index in [0.717, 1.165) is 70.9 Å². The molecule has 8 heteroatoms. The summed E-state index contributed by atoms with van der Waals surface area (Å²) in [6.07, 6.45) is 3.48. The van der Waals surface area contributed by atoms with E-state index in [1.165, 1.54) is 0 Å². The average Bonchev–Trinajstić information content (AvgIpc) is 2.93. The lowest BCUT2D eigenvalue weighted by Gasteiger charge is -2.22. The molecule has 7 nitrogen and oxygen atoms in total. The summed E-state index contributed by atoms with van der Waals surface area (Å²) in [5.41, 5.74) is 6.20. The predicted molar refractivity (Wildman–Crippen MR) is 146 cm³/mol. The van der Waals surface area contributed by atoms with Gasteiger partial charge in [-0.15, -0.1) is 0 Å². The number of hydrogen-bond donors (Lipinski definition) is 1. The maximum absolute atomic E-state index is 6.41. The molecule has 1 saturated heterocycles. The Kier molecular flexibility index (Phi) is 6.47. The largest absolute Gasteiger partial charge is 0.480 e. The van der Waals surface area contributed by atoms with E-state index < -0.39 is 0 Å². The van der Waals surface area contributed by atoms with Crippen LogP contribution in [0, 0.1) is 0 Å². The zero-order valence-electron chi connectivity index (χ0n) is 20.4. The van der Waals surface area contributed by atoms with E-state index in [0.29, 0.717) is 10.9 Å². The molecule has 0 amide bonds. The van der Waals surface area contributed by atoms with Crippen molar-refractivity contribution in [3.8, 4) is 23.0 Å². The number of methoxy groups -OCH3 is 1. The summed E-state index contributed by atoms with van der Waals surface area (Å²) in [7, 11) is 1.61. The third kappa shape index (κ3) is 4.75. The fourth-order valence-electron chi connectivity index (χ4n) is 4.75. The second-order valence-corrected chi connectivity index (χ2v) is 9.37. The summed E-state index contributed by atoms with van der Waals surface area (Å²) >= 11 is 6.41. The van der Waals surface area contributed by atoms with Crippen LogP contribution in [0.25, 0.3) is 28.1 Å². The minimum absolute atomic E-state index is 0.176. The van der Waals surface area contributed by atoms with Crippen LogP contribution in [0.5, 0.6) is 5.88 Å². The summed E-state index contributed by atoms with van der Waals surface area (Å²) in [6, 6.07) is 24.1. The molecule has 1 aromatic heterocycles. The number of anilines is 2. The monoisotopic (exact) mass is 511 g/mol. The zero-order chi connectivity index (χ0) is 25.2. The van der Waals surface area contributed by atoms with Gasteiger partial charge in [0.15, 0.2) is 0 Å². The van der Waals surface area contributed by atoms with E-state index in [-0.39, 0.29) is 6.04 Å². The van der Waals surface area contributed by atoms with Gasteiger partial charge in [-0.1, -0.05) is 29.8 Å². The van der Waals surface area contributed by atoms with Gasteiger partial charge in [0.25, 0.3) is 0 Å². The Balaban J connectivity index is 1.63. The van der Waals surface area contributed by atoms with Crippen molar-refractivity contribution >= 4 is 34.0 Å². The van der Waals surface area contributed by atoms with Crippen molar-refractivity contribution in [3.05, 3.63) is 89.4 Å². The molecule has 2 aliphatic heterocycles. The highest BCUT2D eigenvalue weighted by Crippen LogP contribution is 2.32. The van der Waals surface area contributed by atoms with E-state index in [1.807, 2.05) is 54.6 Å². The molecule has 2 aromatic carbocycles. The third-order valence-corrected chi connectivity index (χ3v) is 6.75. The minimum Gasteiger partial charge on any atom is -0.480 e. The Bertz CT molecular complexity index is 1610. The van der Waals surface area contributed by atoms with Crippen molar-refractivity contribution < 1.29 is 9.47 Å². The molecule has 6 rings (SSSR count). The van der Waals surface area contributed by atoms with E-state index in [4.69, 9.17) is 31.1 Å². The molecule has 1 aliphatic carbocycles. The SMILES string of the molecule is COc1ncccc1Nc1cc2nc3ccccc3n(-c3cccc(Cl)c3)c-2cc1=NC1CCOCC1. The van der Waals surface area contributed by atoms with E-state index in [2.05, 4.69) is 33.1 Å². The first-order valence-corrected chi connectivity index (χ1v) is 12.7. The Morgan fingerprint density at radius 3 is 2.70 bits per heavy atom. The van der Waals surface area contributed by atoms with Gasteiger partial charge < -0.3 is 19.4 Å². The highest BCUT2D eigenvalue weighted by molar-refractivity contribution is 6.30. The van der Waals surface area contributed by atoms with Crippen molar-refractivity contribution in [2.75, 3.05) is 25.6 Å². The van der Waals surface area contributed by atoms with Crippen LogP contribution in [0.2, 0.25) is 5.02 Å². The molecule has 3 heterocycles. The Morgan fingerprint density at radius 1 is 1.00 bits per heavy atom. The fourth-order valence-corrected chi connectivity index (χ4v) is 4.93. The van der Waals surface area contributed by atoms with Gasteiger partial charge in [0, 0.05) is 30.1 Å². The van der Waals surface area contributed by atoms with Gasteiger partial charge in [-0.25, -0.2) is 9.97 Å². The Labute approximate surface area is 219 Å². The first kappa shape index (κ1) is 23.5. The van der Waals surface area contributed by atoms with Crippen LogP contribution in [0.1, 0.15) is 12.8 Å². The molecule has 0 atom stereocenters. The maximum atomic E-state index is 6.41. The first-order valence-electron chi connectivity index (χ1n) is 12.3. The molecule has 1 fully saturated rings. The predicted octanol–water partition coefficient (Wildman–Crippen LogP) is 6.01. The quantitative estimate of drug-likeness (QED) is 0.292. The summed E-state index contributed by atoms with van der Waals surface area (Å²) in [5, 5.41) is 5.03. The number of halogens is 1. The number of nitrogens with zero attached hydrogens (tertiary/aromatic N) is 4. The van der Waals surface area contributed by atoms with Gasteiger partial charge in [0.2, 0.25) is 5.88 Å². The van der Waals surface area contributed by atoms with Gasteiger partial charge in [0.1, 0.15) is 5.69 Å². The molecule has 37 heavy (non-hydrogen) atoms. The highest BCUT2D eigenvalue weighted by atomic mass is 35.5. The highest BCUT2D eigenvalue weighted by Gasteiger charge is 2.19. The van der Waals surface area contributed by atoms with Gasteiger partial charge in [-0.3, -0.25) is 4.99 Å². The molecule has 1 N–H and O–H groups in total. The van der Waals surface area contributed by atoms with Crippen molar-refractivity contribution in [1.29, 1.82) is 0 Å². The van der Waals surface area contributed by atoms with Gasteiger partial charge in [0.05, 0.1) is 46.6 Å². The summed E-state index contributed by atoms with van der Waals surface area (Å²) in [4.78, 5) is 14.5. The standard InChI is InChI=1S/C29H26ClN5O2/c1-36-29-23(9-5-13-31-29)34-24-17-26-28(18-25(24)32-20-11-14-37-15-12-20)35(21-7-4-6-19(30)16-21)27-10-3-2-8-22(27)33-26/h2-10,13,16-18,20,34H,11-12,14-15H2,1H3. The van der Waals surface area contributed by atoms with Crippen LogP contribution in [-0.4, -0.2) is 40.9 Å². The molecule has 0 unspecified atom stereocenters. The van der Waals surface area contributed by atoms with Crippen LogP contribution < -0.4 is 15.4 Å². The molecular formula is C29H26ClN5O2. The van der Waals surface area contributed by atoms with Crippen molar-refractivity contribution in [3.63, 3.8) is 0 Å². The summed E-state index contributed by atoms with van der Waals surface area (Å²) < 4.78 is 13.3. The third-order valence-electron chi connectivity index (χ3n) is 6.51. The number of para-hydroxylation sites is 2. The lowest BCUT2D eigenvalue weighted by atomic mass is 10.1. The molecule has 186 valence electrons. The second-order valence-electron chi connectivity index (χ2n) is 8.93. The minimum atomic E-state index is 0.176. The molecule has 3 aromatic rings. The van der Waals surface area contributed by atoms with E-state index in [1.54, 1.807) is 13.3 Å². The Hall–Kier alpha value is -3.94. The lowest BCUT2D eigenvalue weighted by molar-refractivity contribution is 0.0864. The summed E-state index contributed by atoms with van der Waals surface area (Å²) in [5.74, 6) is 0.514. The van der Waals surface area contributed by atoms with Crippen molar-refractivity contribution in [1.82, 2.24) is 14.5 Å². The average molecular weight is 512 g/mol. The van der Waals surface area contributed by atoms with E-state index >= 15 is 0 Å². The van der Waals surface area contributed by atoms with Crippen LogP contribution >= 0.6 is 11.6 Å². The van der Waals surface area contributed by atoms with Crippen LogP contribution in [0.3, 0.4) is 0 Å². The smallest absolute Gasteiger partial charge is 0.237 e. The zero-order valence-corrected chi connectivity index (χ0v) is 21.2. The topological polar surface area (TPSA) is 73.6 Å². The lowest BCUT2D eigenvalue weighted by Crippen LogP contribution is -2.23. The Morgan fingerprint density at radius 2 is 1.86 bits per heavy atom. The molecule has 0 saturated carbocycles. The molecule has 0 bridgehead atoms. The van der Waals surface area contributed by atoms with Gasteiger partial charge >= 0.3 is 0 Å². The van der Waals surface area contributed by atoms with Crippen LogP contribution in [0.15, 0.2) is 84.0 Å². The number of benzene rings is 3. The molecular weight excluding hydrogens is 486 g/mol. The number of aromatic nitrogens is 3. The normalized spacial score (nSPS) is 14.8. The van der Waals surface area contributed by atoms with Crippen molar-refractivity contribution in [2.24, 2.45) is 4.99 Å². The fraction of sp³-hybridized carbons (Fsp3) is 0.207. The molecule has 0 spiro atoms. The number of hydrogen-bond acceptors (Lipinski definition) is 6. The van der Waals surface area contributed by atoms with Crippen LogP contribution in [-0.2, 0) is 4.74 Å². The van der Waals surface area contributed by atoms with E-state index in [9.17, 15) is 0 Å². The number of ether oxygens (including phenoxy) is 2. The number of rotatable bonds is 5. The second kappa shape index (κ2) is 10.2. The van der Waals surface area contributed by atoms with Crippen LogP contribution in [0.4, 0.5) is 11.4 Å². The summed E-state index contributed by atoms with van der Waals surface area (Å²) in [6.45, 7) is 1.44. The first-order chi connectivity index (χ1) is 18.2. The number of nitrogens with one attached hydrogen (secondary N) is 1.